The second-order valence-corrected chi connectivity index (χ2v) is 10.5. The van der Waals surface area contributed by atoms with Crippen molar-refractivity contribution < 1.29 is 13.6 Å². The van der Waals surface area contributed by atoms with Gasteiger partial charge in [-0.25, -0.2) is 13.6 Å². The molecule has 4 fully saturated rings. The van der Waals surface area contributed by atoms with Gasteiger partial charge in [0.2, 0.25) is 0 Å². The standard InChI is InChI=1S/C26H36F2N4O/c27-20-15-21(28)17-23(16-20)32-25(33)30-24(29-22-9-5-2-6-10-22)26(32)11-13-31(14-12-26)18-19-7-3-1-4-8-19/h15-17,19,22H,1-14,18H2,(H,29,30,33). The minimum atomic E-state index is -0.666. The molecule has 5 rings (SSSR count). The number of carbonyl (C=O) groups excluding carboxylic acids is 1. The first kappa shape index (κ1) is 22.8. The largest absolute Gasteiger partial charge is 0.328 e. The van der Waals surface area contributed by atoms with Gasteiger partial charge in [-0.2, -0.15) is 0 Å². The quantitative estimate of drug-likeness (QED) is 0.635. The topological polar surface area (TPSA) is 47.9 Å². The van der Waals surface area contributed by atoms with Crippen molar-refractivity contribution in [3.8, 4) is 0 Å². The summed E-state index contributed by atoms with van der Waals surface area (Å²) in [6.07, 6.45) is 13.7. The van der Waals surface area contributed by atoms with Crippen molar-refractivity contribution >= 4 is 17.6 Å². The van der Waals surface area contributed by atoms with Gasteiger partial charge in [0, 0.05) is 25.7 Å². The molecule has 1 aromatic carbocycles. The summed E-state index contributed by atoms with van der Waals surface area (Å²) in [6.45, 7) is 2.84. The van der Waals surface area contributed by atoms with Gasteiger partial charge < -0.3 is 4.90 Å². The summed E-state index contributed by atoms with van der Waals surface area (Å²) in [5.74, 6) is 0.141. The molecule has 1 aromatic rings. The van der Waals surface area contributed by atoms with Crippen molar-refractivity contribution in [1.29, 1.82) is 0 Å². The molecule has 0 bridgehead atoms. The number of carbonyl (C=O) groups is 1. The number of likely N-dealkylation sites (tertiary alicyclic amines) is 1. The molecule has 7 heteroatoms. The highest BCUT2D eigenvalue weighted by atomic mass is 19.1. The second kappa shape index (κ2) is 9.69. The van der Waals surface area contributed by atoms with Crippen LogP contribution < -0.4 is 10.2 Å². The maximum atomic E-state index is 14.1. The van der Waals surface area contributed by atoms with Crippen molar-refractivity contribution in [2.45, 2.75) is 88.6 Å². The van der Waals surface area contributed by atoms with Crippen LogP contribution in [0.4, 0.5) is 19.3 Å². The van der Waals surface area contributed by atoms with Gasteiger partial charge in [0.1, 0.15) is 23.0 Å². The van der Waals surface area contributed by atoms with Crippen LogP contribution >= 0.6 is 0 Å². The van der Waals surface area contributed by atoms with E-state index in [1.165, 1.54) is 50.7 Å². The Morgan fingerprint density at radius 3 is 2.15 bits per heavy atom. The van der Waals surface area contributed by atoms with Gasteiger partial charge >= 0.3 is 6.03 Å². The summed E-state index contributed by atoms with van der Waals surface area (Å²) < 4.78 is 28.2. The first-order valence-corrected chi connectivity index (χ1v) is 12.9. The molecule has 0 atom stereocenters. The summed E-state index contributed by atoms with van der Waals surface area (Å²) in [5.41, 5.74) is -0.378. The molecule has 5 nitrogen and oxygen atoms in total. The number of urea groups is 1. The van der Waals surface area contributed by atoms with E-state index in [0.717, 1.165) is 70.1 Å². The van der Waals surface area contributed by atoms with Gasteiger partial charge in [-0.15, -0.1) is 0 Å². The Morgan fingerprint density at radius 1 is 0.909 bits per heavy atom. The van der Waals surface area contributed by atoms with Gasteiger partial charge in [-0.05, 0) is 56.6 Å². The van der Waals surface area contributed by atoms with Gasteiger partial charge in [0.25, 0.3) is 0 Å². The molecule has 1 spiro atoms. The van der Waals surface area contributed by atoms with Gasteiger partial charge in [0.15, 0.2) is 0 Å². The van der Waals surface area contributed by atoms with Gasteiger partial charge in [-0.3, -0.25) is 15.2 Å². The van der Waals surface area contributed by atoms with Crippen molar-refractivity contribution in [2.24, 2.45) is 10.9 Å². The van der Waals surface area contributed by atoms with Crippen LogP contribution in [0.1, 0.15) is 77.0 Å². The number of amidine groups is 1. The van der Waals surface area contributed by atoms with Crippen molar-refractivity contribution in [2.75, 3.05) is 24.5 Å². The average molecular weight is 459 g/mol. The van der Waals surface area contributed by atoms with Crippen LogP contribution in [0.2, 0.25) is 0 Å². The smallest absolute Gasteiger partial charge is 0.303 e. The molecule has 0 aromatic heterocycles. The fraction of sp³-hybridized carbons (Fsp3) is 0.692. The van der Waals surface area contributed by atoms with Crippen LogP contribution in [0.5, 0.6) is 0 Å². The minimum absolute atomic E-state index is 0.218. The van der Waals surface area contributed by atoms with E-state index in [0.29, 0.717) is 5.84 Å². The highest BCUT2D eigenvalue weighted by Crippen LogP contribution is 2.39. The molecule has 180 valence electrons. The lowest BCUT2D eigenvalue weighted by molar-refractivity contribution is 0.151. The molecular formula is C26H36F2N4O. The molecule has 2 saturated heterocycles. The lowest BCUT2D eigenvalue weighted by atomic mass is 9.83. The van der Waals surface area contributed by atoms with Crippen LogP contribution in [-0.2, 0) is 0 Å². The summed E-state index contributed by atoms with van der Waals surface area (Å²) in [4.78, 5) is 22.4. The van der Waals surface area contributed by atoms with E-state index < -0.39 is 17.2 Å². The van der Waals surface area contributed by atoms with E-state index in [9.17, 15) is 13.6 Å². The van der Waals surface area contributed by atoms with E-state index in [4.69, 9.17) is 4.99 Å². The Morgan fingerprint density at radius 2 is 1.52 bits per heavy atom. The molecular weight excluding hydrogens is 422 g/mol. The Bertz CT molecular complexity index is 864. The Hall–Kier alpha value is -2.02. The molecule has 2 heterocycles. The first-order valence-electron chi connectivity index (χ1n) is 12.9. The Labute approximate surface area is 195 Å². The van der Waals surface area contributed by atoms with Crippen LogP contribution in [0, 0.1) is 17.6 Å². The number of nitrogens with zero attached hydrogens (tertiary/aromatic N) is 3. The number of hydrogen-bond acceptors (Lipinski definition) is 3. The predicted molar refractivity (Wildman–Crippen MR) is 127 cm³/mol. The number of rotatable bonds is 4. The average Bonchev–Trinajstić information content (AvgIpc) is 3.06. The van der Waals surface area contributed by atoms with E-state index >= 15 is 0 Å². The van der Waals surface area contributed by atoms with E-state index in [1.807, 2.05) is 0 Å². The summed E-state index contributed by atoms with van der Waals surface area (Å²) >= 11 is 0. The fourth-order valence-corrected chi connectivity index (χ4v) is 6.45. The number of halogens is 2. The zero-order valence-corrected chi connectivity index (χ0v) is 19.5. The third-order valence-corrected chi connectivity index (χ3v) is 8.21. The number of piperidine rings is 1. The fourth-order valence-electron chi connectivity index (χ4n) is 6.45. The number of anilines is 1. The molecule has 33 heavy (non-hydrogen) atoms. The first-order chi connectivity index (χ1) is 16.0. The number of hydrogen-bond donors (Lipinski definition) is 1. The summed E-state index contributed by atoms with van der Waals surface area (Å²) in [5, 5.41) is 3.02. The van der Waals surface area contributed by atoms with Crippen molar-refractivity contribution in [3.63, 3.8) is 0 Å². The number of nitrogens with one attached hydrogen (secondary N) is 1. The van der Waals surface area contributed by atoms with E-state index in [2.05, 4.69) is 10.2 Å². The third kappa shape index (κ3) is 4.79. The van der Waals surface area contributed by atoms with Crippen LogP contribution in [0.25, 0.3) is 0 Å². The number of benzene rings is 1. The lowest BCUT2D eigenvalue weighted by Crippen LogP contribution is -2.57. The Kier molecular flexibility index (Phi) is 6.68. The summed E-state index contributed by atoms with van der Waals surface area (Å²) in [7, 11) is 0. The van der Waals surface area contributed by atoms with Gasteiger partial charge in [-0.1, -0.05) is 38.5 Å². The number of amides is 2. The molecule has 2 amide bonds. The number of aliphatic imine (C=N–C) groups is 1. The molecule has 0 radical (unpaired) electrons. The minimum Gasteiger partial charge on any atom is -0.303 e. The van der Waals surface area contributed by atoms with Gasteiger partial charge in [0.05, 0.1) is 11.7 Å². The molecule has 1 N–H and O–H groups in total. The Balaban J connectivity index is 1.42. The van der Waals surface area contributed by atoms with Crippen LogP contribution in [0.3, 0.4) is 0 Å². The maximum Gasteiger partial charge on any atom is 0.328 e. The maximum absolute atomic E-state index is 14.1. The predicted octanol–water partition coefficient (Wildman–Crippen LogP) is 5.64. The normalized spacial score (nSPS) is 26.3. The highest BCUT2D eigenvalue weighted by Gasteiger charge is 2.53. The molecule has 2 aliphatic carbocycles. The van der Waals surface area contributed by atoms with Crippen LogP contribution in [0.15, 0.2) is 23.2 Å². The monoisotopic (exact) mass is 458 g/mol. The zero-order chi connectivity index (χ0) is 22.8. The molecule has 2 aliphatic heterocycles. The van der Waals surface area contributed by atoms with Crippen molar-refractivity contribution in [1.82, 2.24) is 10.2 Å². The van der Waals surface area contributed by atoms with Crippen molar-refractivity contribution in [3.05, 3.63) is 29.8 Å². The zero-order valence-electron chi connectivity index (χ0n) is 19.5. The second-order valence-electron chi connectivity index (χ2n) is 10.5. The molecule has 2 saturated carbocycles. The molecule has 4 aliphatic rings. The van der Waals surface area contributed by atoms with E-state index in [-0.39, 0.29) is 17.8 Å². The lowest BCUT2D eigenvalue weighted by Gasteiger charge is -2.44. The van der Waals surface area contributed by atoms with Crippen LogP contribution in [-0.4, -0.2) is 48.0 Å². The highest BCUT2D eigenvalue weighted by molar-refractivity contribution is 6.19. The third-order valence-electron chi connectivity index (χ3n) is 8.21. The SMILES string of the molecule is O=C1NC(=NC2CCCCC2)C2(CCN(CC3CCCCC3)CC2)N1c1cc(F)cc(F)c1. The summed E-state index contributed by atoms with van der Waals surface area (Å²) in [6, 6.07) is 3.28. The molecule has 0 unspecified atom stereocenters. The van der Waals surface area contributed by atoms with E-state index in [1.54, 1.807) is 4.90 Å².